The van der Waals surface area contributed by atoms with Crippen molar-refractivity contribution in [3.8, 4) is 17.0 Å². The summed E-state index contributed by atoms with van der Waals surface area (Å²) in [6.07, 6.45) is 1.86. The Kier molecular flexibility index (Phi) is 6.25. The van der Waals surface area contributed by atoms with Crippen LogP contribution in [0, 0.1) is 0 Å². The number of anilines is 2. The molecule has 0 unspecified atom stereocenters. The number of nitrogens with one attached hydrogen (secondary N) is 1. The summed E-state index contributed by atoms with van der Waals surface area (Å²) in [5.74, 6) is 1.36. The topological polar surface area (TPSA) is 77.2 Å². The molecule has 3 N–H and O–H groups in total. The van der Waals surface area contributed by atoms with Crippen molar-refractivity contribution < 1.29 is 9.53 Å². The summed E-state index contributed by atoms with van der Waals surface area (Å²) in [7, 11) is 1.63. The van der Waals surface area contributed by atoms with E-state index in [1.165, 1.54) is 11.3 Å². The number of thioether (sulfide) groups is 1. The second-order valence-electron chi connectivity index (χ2n) is 6.70. The zero-order valence-electron chi connectivity index (χ0n) is 16.9. The van der Waals surface area contributed by atoms with Crippen LogP contribution < -0.4 is 15.8 Å². The zero-order valence-corrected chi connectivity index (χ0v) is 18.6. The van der Waals surface area contributed by atoms with E-state index in [4.69, 9.17) is 15.5 Å². The first-order chi connectivity index (χ1) is 15.1. The van der Waals surface area contributed by atoms with Gasteiger partial charge in [0.05, 0.1) is 18.5 Å². The van der Waals surface area contributed by atoms with Crippen molar-refractivity contribution in [2.24, 2.45) is 0 Å². The molecule has 0 fully saturated rings. The summed E-state index contributed by atoms with van der Waals surface area (Å²) >= 11 is 2.98. The Labute approximate surface area is 189 Å². The number of ether oxygens (including phenoxy) is 1. The summed E-state index contributed by atoms with van der Waals surface area (Å²) in [6, 6.07) is 19.2. The van der Waals surface area contributed by atoms with Gasteiger partial charge in [0.2, 0.25) is 0 Å². The van der Waals surface area contributed by atoms with Gasteiger partial charge >= 0.3 is 0 Å². The van der Waals surface area contributed by atoms with E-state index in [0.717, 1.165) is 43.6 Å². The van der Waals surface area contributed by atoms with Crippen molar-refractivity contribution in [3.63, 3.8) is 0 Å². The number of hydrogen-bond donors (Lipinski definition) is 2. The number of amides is 1. The highest BCUT2D eigenvalue weighted by molar-refractivity contribution is 7.99. The fourth-order valence-corrected chi connectivity index (χ4v) is 4.71. The number of benzene rings is 2. The average molecular weight is 448 g/mol. The molecule has 7 heteroatoms. The van der Waals surface area contributed by atoms with Crippen LogP contribution >= 0.6 is 23.1 Å². The Hall–Kier alpha value is -3.29. The number of nitrogens with two attached hydrogens (primary N) is 1. The van der Waals surface area contributed by atoms with Crippen molar-refractivity contribution in [1.82, 2.24) is 4.98 Å². The molecule has 31 heavy (non-hydrogen) atoms. The molecular weight excluding hydrogens is 426 g/mol. The Morgan fingerprint density at radius 1 is 1.23 bits per heavy atom. The minimum absolute atomic E-state index is 0.241. The number of nitrogen functional groups attached to an aromatic ring is 1. The highest BCUT2D eigenvalue weighted by Gasteiger charge is 2.18. The second-order valence-corrected chi connectivity index (χ2v) is 8.80. The molecule has 0 bridgehead atoms. The fraction of sp³-hybridized carbons (Fsp3) is 0.0833. The molecule has 0 saturated carbocycles. The Morgan fingerprint density at radius 2 is 2.03 bits per heavy atom. The summed E-state index contributed by atoms with van der Waals surface area (Å²) in [5.41, 5.74) is 9.18. The van der Waals surface area contributed by atoms with Gasteiger partial charge in [-0.25, -0.2) is 4.98 Å². The molecular formula is C24H21N3O2S2. The Morgan fingerprint density at radius 3 is 2.77 bits per heavy atom. The first-order valence-electron chi connectivity index (χ1n) is 9.57. The summed E-state index contributed by atoms with van der Waals surface area (Å²) < 4.78 is 5.30. The monoisotopic (exact) mass is 447 g/mol. The Bertz CT molecular complexity index is 1250. The van der Waals surface area contributed by atoms with E-state index in [2.05, 4.69) is 11.9 Å². The van der Waals surface area contributed by atoms with Gasteiger partial charge in [-0.3, -0.25) is 4.79 Å². The summed E-state index contributed by atoms with van der Waals surface area (Å²) in [6.45, 7) is 3.72. The number of nitrogens with zero attached hydrogens (tertiary/aromatic N) is 1. The Balaban J connectivity index is 1.58. The van der Waals surface area contributed by atoms with Crippen molar-refractivity contribution in [2.45, 2.75) is 4.90 Å². The molecule has 0 aliphatic carbocycles. The average Bonchev–Trinajstić information content (AvgIpc) is 3.14. The maximum Gasteiger partial charge on any atom is 0.267 e. The minimum Gasteiger partial charge on any atom is -0.497 e. The largest absolute Gasteiger partial charge is 0.497 e. The number of thiophene rings is 1. The highest BCUT2D eigenvalue weighted by Crippen LogP contribution is 2.35. The summed E-state index contributed by atoms with van der Waals surface area (Å²) in [5, 5.41) is 3.70. The van der Waals surface area contributed by atoms with Gasteiger partial charge in [0.25, 0.3) is 5.91 Å². The quantitative estimate of drug-likeness (QED) is 0.265. The third-order valence-corrected chi connectivity index (χ3v) is 6.77. The molecule has 0 spiro atoms. The lowest BCUT2D eigenvalue weighted by Crippen LogP contribution is -2.11. The number of fused-ring (bicyclic) bond motifs is 1. The number of pyridine rings is 1. The fourth-order valence-electron chi connectivity index (χ4n) is 3.09. The van der Waals surface area contributed by atoms with Gasteiger partial charge in [-0.05, 0) is 48.5 Å². The van der Waals surface area contributed by atoms with Gasteiger partial charge < -0.3 is 15.8 Å². The molecule has 0 aliphatic heterocycles. The highest BCUT2D eigenvalue weighted by atomic mass is 32.2. The van der Waals surface area contributed by atoms with Gasteiger partial charge in [-0.15, -0.1) is 29.7 Å². The van der Waals surface area contributed by atoms with Crippen LogP contribution in [-0.2, 0) is 0 Å². The number of hydrogen-bond acceptors (Lipinski definition) is 6. The van der Waals surface area contributed by atoms with E-state index in [0.29, 0.717) is 10.6 Å². The SMILES string of the molecule is C=CCSc1ccc(NC(=O)c2sc3nc(-c4cccc(OC)c4)ccc3c2N)cc1. The van der Waals surface area contributed by atoms with Crippen LogP contribution in [0.3, 0.4) is 0 Å². The van der Waals surface area contributed by atoms with E-state index in [-0.39, 0.29) is 5.91 Å². The van der Waals surface area contributed by atoms with Crippen LogP contribution in [0.5, 0.6) is 5.75 Å². The van der Waals surface area contributed by atoms with Gasteiger partial charge in [-0.2, -0.15) is 0 Å². The van der Waals surface area contributed by atoms with Crippen molar-refractivity contribution >= 4 is 50.6 Å². The molecule has 1 amide bonds. The standard InChI is InChI=1S/C24H21N3O2S2/c1-3-13-30-18-9-7-16(8-10-18)26-23(28)22-21(25)19-11-12-20(27-24(19)31-22)15-5-4-6-17(14-15)29-2/h3-12,14H,1,13,25H2,2H3,(H,26,28). The van der Waals surface area contributed by atoms with Crippen LogP contribution in [0.2, 0.25) is 0 Å². The zero-order chi connectivity index (χ0) is 21.8. The smallest absolute Gasteiger partial charge is 0.267 e. The van der Waals surface area contributed by atoms with E-state index in [1.807, 2.05) is 66.7 Å². The van der Waals surface area contributed by atoms with Crippen molar-refractivity contribution in [1.29, 1.82) is 0 Å². The molecule has 0 aliphatic rings. The summed E-state index contributed by atoms with van der Waals surface area (Å²) in [4.78, 5) is 19.9. The molecule has 156 valence electrons. The van der Waals surface area contributed by atoms with Gasteiger partial charge in [0, 0.05) is 27.3 Å². The molecule has 2 aromatic heterocycles. The van der Waals surface area contributed by atoms with E-state index >= 15 is 0 Å². The van der Waals surface area contributed by atoms with Gasteiger partial charge in [0.15, 0.2) is 0 Å². The lowest BCUT2D eigenvalue weighted by molar-refractivity contribution is 0.103. The lowest BCUT2D eigenvalue weighted by atomic mass is 10.1. The van der Waals surface area contributed by atoms with Gasteiger partial charge in [0.1, 0.15) is 15.5 Å². The molecule has 0 saturated heterocycles. The number of carbonyl (C=O) groups excluding carboxylic acids is 1. The first-order valence-corrected chi connectivity index (χ1v) is 11.4. The van der Waals surface area contributed by atoms with Crippen LogP contribution in [-0.4, -0.2) is 23.8 Å². The van der Waals surface area contributed by atoms with Crippen LogP contribution in [0.4, 0.5) is 11.4 Å². The third-order valence-electron chi connectivity index (χ3n) is 4.65. The number of carbonyl (C=O) groups is 1. The van der Waals surface area contributed by atoms with Gasteiger partial charge in [-0.1, -0.05) is 18.2 Å². The molecule has 4 rings (SSSR count). The van der Waals surface area contributed by atoms with Crippen LogP contribution in [0.15, 0.2) is 78.2 Å². The number of methoxy groups -OCH3 is 1. The maximum atomic E-state index is 12.9. The predicted molar refractivity (Wildman–Crippen MR) is 131 cm³/mol. The minimum atomic E-state index is -0.241. The number of aromatic nitrogens is 1. The first kappa shape index (κ1) is 21.0. The van der Waals surface area contributed by atoms with Crippen molar-refractivity contribution in [2.75, 3.05) is 23.9 Å². The van der Waals surface area contributed by atoms with E-state index in [9.17, 15) is 4.79 Å². The molecule has 2 heterocycles. The van der Waals surface area contributed by atoms with E-state index in [1.54, 1.807) is 18.9 Å². The van der Waals surface area contributed by atoms with Crippen LogP contribution in [0.1, 0.15) is 9.67 Å². The third kappa shape index (κ3) is 4.57. The maximum absolute atomic E-state index is 12.9. The van der Waals surface area contributed by atoms with Crippen molar-refractivity contribution in [3.05, 3.63) is 78.2 Å². The normalized spacial score (nSPS) is 10.7. The second kappa shape index (κ2) is 9.24. The van der Waals surface area contributed by atoms with Crippen LogP contribution in [0.25, 0.3) is 21.5 Å². The molecule has 0 atom stereocenters. The molecule has 5 nitrogen and oxygen atoms in total. The molecule has 4 aromatic rings. The predicted octanol–water partition coefficient (Wildman–Crippen LogP) is 6.08. The molecule has 2 aromatic carbocycles. The molecule has 0 radical (unpaired) electrons. The van der Waals surface area contributed by atoms with E-state index < -0.39 is 0 Å². The number of rotatable bonds is 7. The lowest BCUT2D eigenvalue weighted by Gasteiger charge is -2.05.